The quantitative estimate of drug-likeness (QED) is 0.541. The van der Waals surface area contributed by atoms with E-state index in [0.717, 1.165) is 13.1 Å². The van der Waals surface area contributed by atoms with E-state index in [-0.39, 0.29) is 18.1 Å². The summed E-state index contributed by atoms with van der Waals surface area (Å²) in [5.74, 6) is -0.135. The van der Waals surface area contributed by atoms with Gasteiger partial charge in [-0.3, -0.25) is 14.9 Å². The monoisotopic (exact) mass is 156 g/mol. The van der Waals surface area contributed by atoms with Gasteiger partial charge in [-0.05, 0) is 6.92 Å². The van der Waals surface area contributed by atoms with Gasteiger partial charge in [-0.15, -0.1) is 0 Å². The van der Waals surface area contributed by atoms with E-state index in [4.69, 9.17) is 0 Å². The number of nitrogens with one attached hydrogen (secondary N) is 1. The number of hydrogen-bond donors (Lipinski definition) is 1. The Morgan fingerprint density at radius 1 is 1.55 bits per heavy atom. The van der Waals surface area contributed by atoms with Crippen LogP contribution in [0.1, 0.15) is 13.3 Å². The third-order valence-electron chi connectivity index (χ3n) is 1.61. The van der Waals surface area contributed by atoms with Crippen molar-refractivity contribution in [1.82, 2.24) is 10.2 Å². The SMILES string of the molecule is CC(=O)CC(=O)N1CCNC1. The van der Waals surface area contributed by atoms with Gasteiger partial charge in [0.15, 0.2) is 0 Å². The number of hydrogen-bond acceptors (Lipinski definition) is 3. The van der Waals surface area contributed by atoms with Gasteiger partial charge in [0.25, 0.3) is 0 Å². The zero-order valence-corrected chi connectivity index (χ0v) is 6.59. The molecule has 0 spiro atoms. The van der Waals surface area contributed by atoms with E-state index >= 15 is 0 Å². The van der Waals surface area contributed by atoms with Crippen LogP contribution in [0, 0.1) is 0 Å². The molecule has 0 aromatic rings. The number of ketones is 1. The van der Waals surface area contributed by atoms with E-state index in [1.165, 1.54) is 6.92 Å². The number of carbonyl (C=O) groups excluding carboxylic acids is 2. The Kier molecular flexibility index (Phi) is 2.59. The number of Topliss-reactive ketones (excluding diaryl/α,β-unsaturated/α-hetero) is 1. The van der Waals surface area contributed by atoms with Gasteiger partial charge in [0, 0.05) is 13.1 Å². The lowest BCUT2D eigenvalue weighted by molar-refractivity contribution is -0.133. The first-order valence-corrected chi connectivity index (χ1v) is 3.68. The minimum Gasteiger partial charge on any atom is -0.328 e. The van der Waals surface area contributed by atoms with Crippen molar-refractivity contribution in [3.8, 4) is 0 Å². The molecule has 1 rings (SSSR count). The molecule has 1 aliphatic heterocycles. The van der Waals surface area contributed by atoms with Crippen molar-refractivity contribution in [2.24, 2.45) is 0 Å². The molecule has 0 radical (unpaired) electrons. The molecule has 1 amide bonds. The number of carbonyl (C=O) groups is 2. The maximum atomic E-state index is 11.1. The van der Waals surface area contributed by atoms with Crippen LogP contribution in [0.15, 0.2) is 0 Å². The Morgan fingerprint density at radius 3 is 2.73 bits per heavy atom. The maximum Gasteiger partial charge on any atom is 0.231 e. The van der Waals surface area contributed by atoms with E-state index in [0.29, 0.717) is 6.67 Å². The molecule has 4 heteroatoms. The van der Waals surface area contributed by atoms with Gasteiger partial charge in [0.2, 0.25) is 5.91 Å². The van der Waals surface area contributed by atoms with Gasteiger partial charge in [-0.1, -0.05) is 0 Å². The Morgan fingerprint density at radius 2 is 2.27 bits per heavy atom. The Bertz CT molecular complexity index is 173. The normalized spacial score (nSPS) is 17.0. The summed E-state index contributed by atoms with van der Waals surface area (Å²) in [5, 5.41) is 3.02. The topological polar surface area (TPSA) is 49.4 Å². The molecule has 1 N–H and O–H groups in total. The van der Waals surface area contributed by atoms with Crippen molar-refractivity contribution < 1.29 is 9.59 Å². The zero-order chi connectivity index (χ0) is 8.27. The highest BCUT2D eigenvalue weighted by atomic mass is 16.2. The second-order valence-corrected chi connectivity index (χ2v) is 2.69. The summed E-state index contributed by atoms with van der Waals surface area (Å²) in [6.07, 6.45) is 0.0433. The summed E-state index contributed by atoms with van der Waals surface area (Å²) in [6, 6.07) is 0. The summed E-state index contributed by atoms with van der Waals surface area (Å²) in [5.41, 5.74) is 0. The molecule has 0 atom stereocenters. The molecule has 11 heavy (non-hydrogen) atoms. The van der Waals surface area contributed by atoms with Crippen molar-refractivity contribution in [3.05, 3.63) is 0 Å². The molecular weight excluding hydrogens is 144 g/mol. The van der Waals surface area contributed by atoms with E-state index in [2.05, 4.69) is 5.32 Å². The van der Waals surface area contributed by atoms with E-state index in [9.17, 15) is 9.59 Å². The molecule has 62 valence electrons. The predicted octanol–water partition coefficient (Wildman–Crippen LogP) is -0.645. The lowest BCUT2D eigenvalue weighted by atomic mass is 10.3. The zero-order valence-electron chi connectivity index (χ0n) is 6.59. The average Bonchev–Trinajstić information content (AvgIpc) is 2.35. The lowest BCUT2D eigenvalue weighted by Crippen LogP contribution is -2.30. The highest BCUT2D eigenvalue weighted by Crippen LogP contribution is 1.97. The van der Waals surface area contributed by atoms with Gasteiger partial charge >= 0.3 is 0 Å². The summed E-state index contributed by atoms with van der Waals surface area (Å²) in [7, 11) is 0. The number of rotatable bonds is 2. The first kappa shape index (κ1) is 8.20. The Labute approximate surface area is 65.6 Å². The van der Waals surface area contributed by atoms with Crippen LogP contribution in [-0.2, 0) is 9.59 Å². The molecule has 0 bridgehead atoms. The summed E-state index contributed by atoms with van der Waals surface area (Å²) in [6.45, 7) is 3.59. The van der Waals surface area contributed by atoms with E-state index in [1.807, 2.05) is 0 Å². The fraction of sp³-hybridized carbons (Fsp3) is 0.714. The molecular formula is C7H12N2O2. The van der Waals surface area contributed by atoms with Gasteiger partial charge in [0.1, 0.15) is 5.78 Å². The Hall–Kier alpha value is -0.900. The van der Waals surface area contributed by atoms with Crippen LogP contribution in [0.2, 0.25) is 0 Å². The van der Waals surface area contributed by atoms with E-state index in [1.54, 1.807) is 4.90 Å². The standard InChI is InChI=1S/C7H12N2O2/c1-6(10)4-7(11)9-3-2-8-5-9/h8H,2-5H2,1H3. The second kappa shape index (κ2) is 3.48. The Balaban J connectivity index is 2.34. The van der Waals surface area contributed by atoms with Gasteiger partial charge in [-0.25, -0.2) is 0 Å². The van der Waals surface area contributed by atoms with Gasteiger partial charge in [0.05, 0.1) is 13.1 Å². The lowest BCUT2D eigenvalue weighted by Gasteiger charge is -2.12. The first-order valence-electron chi connectivity index (χ1n) is 3.68. The maximum absolute atomic E-state index is 11.1. The molecule has 0 aliphatic carbocycles. The minimum absolute atomic E-state index is 0.0433. The second-order valence-electron chi connectivity index (χ2n) is 2.69. The van der Waals surface area contributed by atoms with Crippen molar-refractivity contribution in [2.45, 2.75) is 13.3 Å². The number of amides is 1. The summed E-state index contributed by atoms with van der Waals surface area (Å²) < 4.78 is 0. The highest BCUT2D eigenvalue weighted by Gasteiger charge is 2.17. The van der Waals surface area contributed by atoms with Gasteiger partial charge < -0.3 is 4.90 Å². The minimum atomic E-state index is -0.0677. The summed E-state index contributed by atoms with van der Waals surface area (Å²) in [4.78, 5) is 23.3. The molecule has 0 unspecified atom stereocenters. The number of nitrogens with zero attached hydrogens (tertiary/aromatic N) is 1. The van der Waals surface area contributed by atoms with E-state index < -0.39 is 0 Å². The van der Waals surface area contributed by atoms with Crippen LogP contribution in [0.4, 0.5) is 0 Å². The molecule has 0 aromatic heterocycles. The molecule has 0 saturated carbocycles. The largest absolute Gasteiger partial charge is 0.328 e. The first-order chi connectivity index (χ1) is 5.20. The highest BCUT2D eigenvalue weighted by molar-refractivity contribution is 5.96. The average molecular weight is 156 g/mol. The van der Waals surface area contributed by atoms with Crippen LogP contribution >= 0.6 is 0 Å². The van der Waals surface area contributed by atoms with Crippen molar-refractivity contribution in [3.63, 3.8) is 0 Å². The van der Waals surface area contributed by atoms with Crippen LogP contribution in [0.3, 0.4) is 0 Å². The molecule has 1 saturated heterocycles. The van der Waals surface area contributed by atoms with Crippen LogP contribution < -0.4 is 5.32 Å². The predicted molar refractivity (Wildman–Crippen MR) is 39.9 cm³/mol. The fourth-order valence-corrected chi connectivity index (χ4v) is 1.04. The fourth-order valence-electron chi connectivity index (χ4n) is 1.04. The third-order valence-corrected chi connectivity index (χ3v) is 1.61. The van der Waals surface area contributed by atoms with Gasteiger partial charge in [-0.2, -0.15) is 0 Å². The smallest absolute Gasteiger partial charge is 0.231 e. The molecule has 1 fully saturated rings. The molecule has 0 aromatic carbocycles. The third kappa shape index (κ3) is 2.31. The van der Waals surface area contributed by atoms with Crippen LogP contribution in [-0.4, -0.2) is 36.3 Å². The molecule has 4 nitrogen and oxygen atoms in total. The van der Waals surface area contributed by atoms with Crippen LogP contribution in [0.25, 0.3) is 0 Å². The van der Waals surface area contributed by atoms with Crippen LogP contribution in [0.5, 0.6) is 0 Å². The van der Waals surface area contributed by atoms with Crippen molar-refractivity contribution in [1.29, 1.82) is 0 Å². The summed E-state index contributed by atoms with van der Waals surface area (Å²) >= 11 is 0. The molecule has 1 aliphatic rings. The van der Waals surface area contributed by atoms with Crippen molar-refractivity contribution in [2.75, 3.05) is 19.8 Å². The molecule has 1 heterocycles. The van der Waals surface area contributed by atoms with Crippen molar-refractivity contribution >= 4 is 11.7 Å².